The summed E-state index contributed by atoms with van der Waals surface area (Å²) in [4.78, 5) is 23.3. The first-order chi connectivity index (χ1) is 20.5. The van der Waals surface area contributed by atoms with Crippen LogP contribution in [-0.2, 0) is 14.8 Å². The van der Waals surface area contributed by atoms with Crippen molar-refractivity contribution in [1.29, 1.82) is 0 Å². The Balaban J connectivity index is 1.65. The van der Waals surface area contributed by atoms with E-state index in [0.29, 0.717) is 15.6 Å². The molecule has 0 unspecified atom stereocenters. The van der Waals surface area contributed by atoms with E-state index in [-0.39, 0.29) is 17.3 Å². The van der Waals surface area contributed by atoms with Gasteiger partial charge in [-0.2, -0.15) is 5.10 Å². The Kier molecular flexibility index (Phi) is 9.09. The topological polar surface area (TPSA) is 145 Å². The minimum Gasteiger partial charge on any atom is -0.497 e. The number of carbonyl (C=O) groups is 1. The first-order valence-corrected chi connectivity index (χ1v) is 14.2. The van der Waals surface area contributed by atoms with Crippen LogP contribution >= 0.6 is 0 Å². The number of nitro benzene ring substituents is 1. The van der Waals surface area contributed by atoms with Crippen molar-refractivity contribution in [3.8, 4) is 17.2 Å². The van der Waals surface area contributed by atoms with Crippen LogP contribution < -0.4 is 19.2 Å². The quantitative estimate of drug-likeness (QED) is 0.150. The summed E-state index contributed by atoms with van der Waals surface area (Å²) in [6.07, 6.45) is 1.40. The number of halogens is 1. The number of sulfonamides is 1. The molecule has 1 amide bonds. The number of aryl methyl sites for hydroxylation is 1. The third kappa shape index (κ3) is 6.48. The summed E-state index contributed by atoms with van der Waals surface area (Å²) in [5.41, 5.74) is 4.62. The van der Waals surface area contributed by atoms with Crippen molar-refractivity contribution in [2.24, 2.45) is 5.10 Å². The molecule has 4 aromatic rings. The zero-order valence-corrected chi connectivity index (χ0v) is 24.5. The van der Waals surface area contributed by atoms with Crippen molar-refractivity contribution >= 4 is 33.5 Å². The van der Waals surface area contributed by atoms with E-state index in [1.807, 2.05) is 24.5 Å². The van der Waals surface area contributed by atoms with E-state index >= 15 is 0 Å². The van der Waals surface area contributed by atoms with Gasteiger partial charge < -0.3 is 14.0 Å². The van der Waals surface area contributed by atoms with E-state index in [4.69, 9.17) is 9.47 Å². The number of aromatic nitrogens is 1. The highest BCUT2D eigenvalue weighted by Gasteiger charge is 2.34. The third-order valence-corrected chi connectivity index (χ3v) is 8.33. The number of hydrazone groups is 1. The highest BCUT2D eigenvalue weighted by molar-refractivity contribution is 7.93. The lowest BCUT2D eigenvalue weighted by atomic mass is 10.2. The first kappa shape index (κ1) is 30.7. The van der Waals surface area contributed by atoms with Crippen molar-refractivity contribution in [3.05, 3.63) is 106 Å². The summed E-state index contributed by atoms with van der Waals surface area (Å²) in [6, 6.07) is 16.9. The Morgan fingerprint density at radius 2 is 1.77 bits per heavy atom. The molecular weight excluding hydrogens is 581 g/mol. The van der Waals surface area contributed by atoms with E-state index in [9.17, 15) is 27.7 Å². The van der Waals surface area contributed by atoms with Gasteiger partial charge in [0, 0.05) is 34.8 Å². The lowest BCUT2D eigenvalue weighted by Crippen LogP contribution is -2.40. The average Bonchev–Trinajstić information content (AvgIpc) is 3.28. The number of hydrogen-bond acceptors (Lipinski definition) is 8. The molecule has 3 aromatic carbocycles. The summed E-state index contributed by atoms with van der Waals surface area (Å²) < 4.78 is 54.2. The van der Waals surface area contributed by atoms with Crippen LogP contribution in [0.25, 0.3) is 5.69 Å². The molecule has 0 saturated carbocycles. The van der Waals surface area contributed by atoms with Crippen molar-refractivity contribution in [3.63, 3.8) is 0 Å². The maximum atomic E-state index is 13.8. The van der Waals surface area contributed by atoms with E-state index in [1.165, 1.54) is 62.9 Å². The van der Waals surface area contributed by atoms with Crippen LogP contribution in [0, 0.1) is 29.8 Å². The molecule has 0 radical (unpaired) electrons. The standard InChI is InChI=1S/C29H28FN5O7S/c1-19-15-21(20(2)34(19)23-11-9-22(30)10-12-23)17-31-32-29(36)18-33(25-14-13-24(41-3)16-27(25)42-4)43(39,40)28-8-6-5-7-26(28)35(37)38/h5-17H,18H2,1-4H3,(H,32,36)/b31-17+. The van der Waals surface area contributed by atoms with Crippen molar-refractivity contribution in [2.75, 3.05) is 25.1 Å². The molecule has 0 saturated heterocycles. The number of para-hydroxylation sites is 1. The van der Waals surface area contributed by atoms with E-state index < -0.39 is 38.0 Å². The SMILES string of the molecule is COc1ccc(N(CC(=O)N/N=C/c2cc(C)n(-c3ccc(F)cc3)c2C)S(=O)(=O)c2ccccc2[N+](=O)[O-])c(OC)c1. The van der Waals surface area contributed by atoms with Gasteiger partial charge in [-0.1, -0.05) is 12.1 Å². The number of ether oxygens (including phenoxy) is 2. The fraction of sp³-hybridized carbons (Fsp3) is 0.172. The number of nitrogens with one attached hydrogen (secondary N) is 1. The second-order valence-corrected chi connectivity index (χ2v) is 11.0. The van der Waals surface area contributed by atoms with Crippen LogP contribution in [0.2, 0.25) is 0 Å². The summed E-state index contributed by atoms with van der Waals surface area (Å²) in [5, 5.41) is 15.7. The molecule has 12 nitrogen and oxygen atoms in total. The van der Waals surface area contributed by atoms with Gasteiger partial charge in [-0.15, -0.1) is 0 Å². The average molecular weight is 610 g/mol. The molecule has 0 aliphatic heterocycles. The van der Waals surface area contributed by atoms with E-state index in [0.717, 1.165) is 29.2 Å². The zero-order valence-electron chi connectivity index (χ0n) is 23.6. The number of rotatable bonds is 11. The Morgan fingerprint density at radius 1 is 1.07 bits per heavy atom. The predicted octanol–water partition coefficient (Wildman–Crippen LogP) is 4.50. The number of benzene rings is 3. The third-order valence-electron chi connectivity index (χ3n) is 6.52. The molecule has 1 N–H and O–H groups in total. The summed E-state index contributed by atoms with van der Waals surface area (Å²) in [6.45, 7) is 2.90. The lowest BCUT2D eigenvalue weighted by Gasteiger charge is -2.25. The number of amides is 1. The number of methoxy groups -OCH3 is 2. The first-order valence-electron chi connectivity index (χ1n) is 12.7. The molecule has 0 bridgehead atoms. The van der Waals surface area contributed by atoms with Crippen molar-refractivity contribution in [2.45, 2.75) is 18.7 Å². The normalized spacial score (nSPS) is 11.4. The highest BCUT2D eigenvalue weighted by atomic mass is 32.2. The van der Waals surface area contributed by atoms with Crippen LogP contribution in [0.15, 0.2) is 82.8 Å². The maximum absolute atomic E-state index is 13.8. The van der Waals surface area contributed by atoms with Crippen molar-refractivity contribution in [1.82, 2.24) is 9.99 Å². The van der Waals surface area contributed by atoms with Gasteiger partial charge in [-0.25, -0.2) is 18.2 Å². The fourth-order valence-electron chi connectivity index (χ4n) is 4.48. The number of hydrogen-bond donors (Lipinski definition) is 1. The lowest BCUT2D eigenvalue weighted by molar-refractivity contribution is -0.387. The van der Waals surface area contributed by atoms with Gasteiger partial charge in [0.1, 0.15) is 23.9 Å². The molecule has 0 atom stereocenters. The second-order valence-electron chi connectivity index (χ2n) is 9.21. The Hall–Kier alpha value is -5.24. The van der Waals surface area contributed by atoms with Crippen molar-refractivity contribution < 1.29 is 32.0 Å². The van der Waals surface area contributed by atoms with Gasteiger partial charge in [0.05, 0.1) is 31.0 Å². The largest absolute Gasteiger partial charge is 0.497 e. The van der Waals surface area contributed by atoms with Gasteiger partial charge >= 0.3 is 0 Å². The van der Waals surface area contributed by atoms with Gasteiger partial charge in [0.2, 0.25) is 0 Å². The molecule has 0 spiro atoms. The van der Waals surface area contributed by atoms with Gasteiger partial charge in [0.25, 0.3) is 21.6 Å². The van der Waals surface area contributed by atoms with Crippen LogP contribution in [0.5, 0.6) is 11.5 Å². The molecule has 224 valence electrons. The number of carbonyl (C=O) groups excluding carboxylic acids is 1. The van der Waals surface area contributed by atoms with Crippen LogP contribution in [0.3, 0.4) is 0 Å². The number of anilines is 1. The molecule has 0 aliphatic rings. The zero-order chi connectivity index (χ0) is 31.3. The second kappa shape index (κ2) is 12.7. The van der Waals surface area contributed by atoms with E-state index in [1.54, 1.807) is 12.1 Å². The Morgan fingerprint density at radius 3 is 2.42 bits per heavy atom. The monoisotopic (exact) mass is 609 g/mol. The molecule has 0 fully saturated rings. The summed E-state index contributed by atoms with van der Waals surface area (Å²) >= 11 is 0. The van der Waals surface area contributed by atoms with Gasteiger partial charge in [-0.3, -0.25) is 19.2 Å². The smallest absolute Gasteiger partial charge is 0.289 e. The molecule has 14 heteroatoms. The number of nitro groups is 1. The maximum Gasteiger partial charge on any atom is 0.289 e. The Bertz CT molecular complexity index is 1800. The highest BCUT2D eigenvalue weighted by Crippen LogP contribution is 2.37. The van der Waals surface area contributed by atoms with E-state index in [2.05, 4.69) is 10.5 Å². The van der Waals surface area contributed by atoms with Crippen LogP contribution in [0.1, 0.15) is 17.0 Å². The molecule has 1 aromatic heterocycles. The molecule has 0 aliphatic carbocycles. The number of nitrogens with zero attached hydrogens (tertiary/aromatic N) is 4. The Labute approximate surface area is 247 Å². The molecule has 1 heterocycles. The van der Waals surface area contributed by atoms with Gasteiger partial charge in [0.15, 0.2) is 4.90 Å². The minimum absolute atomic E-state index is 0.0473. The summed E-state index contributed by atoms with van der Waals surface area (Å²) in [5.74, 6) is -0.786. The predicted molar refractivity (Wildman–Crippen MR) is 158 cm³/mol. The summed E-state index contributed by atoms with van der Waals surface area (Å²) in [7, 11) is -1.95. The molecule has 43 heavy (non-hydrogen) atoms. The molecule has 4 rings (SSSR count). The molecular formula is C29H28FN5O7S. The fourth-order valence-corrected chi connectivity index (χ4v) is 6.07. The van der Waals surface area contributed by atoms with Crippen LogP contribution in [0.4, 0.5) is 15.8 Å². The van der Waals surface area contributed by atoms with Crippen LogP contribution in [-0.4, -0.2) is 50.8 Å². The van der Waals surface area contributed by atoms with Gasteiger partial charge in [-0.05, 0) is 62.4 Å². The minimum atomic E-state index is -4.67.